The summed E-state index contributed by atoms with van der Waals surface area (Å²) in [6.07, 6.45) is 0. The predicted octanol–water partition coefficient (Wildman–Crippen LogP) is 5.70. The molecule has 0 aromatic rings. The second-order valence-corrected chi connectivity index (χ2v) is 13.8. The van der Waals surface area contributed by atoms with Crippen LogP contribution in [0.25, 0.3) is 0 Å². The zero-order valence-corrected chi connectivity index (χ0v) is 14.9. The van der Waals surface area contributed by atoms with Gasteiger partial charge in [0, 0.05) is 0 Å². The summed E-state index contributed by atoms with van der Waals surface area (Å²) < 4.78 is 1.54. The topological polar surface area (TPSA) is 0 Å². The average Bonchev–Trinajstić information content (AvgIpc) is 2.34. The SMILES string of the molecule is CC1=C(C)[C](C)([Zr]([Cl])[CH2]C(C)C)C(C)=C1C. The molecule has 1 rings (SSSR count). The molecule has 2 heteroatoms. The van der Waals surface area contributed by atoms with Crippen molar-refractivity contribution in [2.75, 3.05) is 0 Å². The molecule has 0 amide bonds. The van der Waals surface area contributed by atoms with Gasteiger partial charge in [-0.3, -0.25) is 0 Å². The van der Waals surface area contributed by atoms with Crippen molar-refractivity contribution in [1.82, 2.24) is 0 Å². The van der Waals surface area contributed by atoms with Gasteiger partial charge in [-0.05, 0) is 0 Å². The van der Waals surface area contributed by atoms with Crippen LogP contribution in [0.15, 0.2) is 22.3 Å². The zero-order valence-electron chi connectivity index (χ0n) is 11.7. The van der Waals surface area contributed by atoms with Gasteiger partial charge in [-0.15, -0.1) is 0 Å². The molecule has 0 aliphatic heterocycles. The maximum atomic E-state index is 6.87. The van der Waals surface area contributed by atoms with Gasteiger partial charge < -0.3 is 0 Å². The van der Waals surface area contributed by atoms with Crippen molar-refractivity contribution in [3.63, 3.8) is 0 Å². The monoisotopic (exact) mass is 317 g/mol. The summed E-state index contributed by atoms with van der Waals surface area (Å²) >= 11 is -1.88. The van der Waals surface area contributed by atoms with Gasteiger partial charge in [-0.1, -0.05) is 0 Å². The van der Waals surface area contributed by atoms with Crippen LogP contribution in [-0.4, -0.2) is 0 Å². The van der Waals surface area contributed by atoms with Crippen LogP contribution in [0.5, 0.6) is 0 Å². The van der Waals surface area contributed by atoms with E-state index in [4.69, 9.17) is 8.51 Å². The molecule has 0 aromatic carbocycles. The Morgan fingerprint density at radius 1 is 1.06 bits per heavy atom. The molecule has 0 N–H and O–H groups in total. The molecule has 91 valence electrons. The Morgan fingerprint density at radius 2 is 1.44 bits per heavy atom. The fraction of sp³-hybridized carbons (Fsp3) is 0.714. The molecule has 1 aliphatic rings. The van der Waals surface area contributed by atoms with Gasteiger partial charge in [-0.2, -0.15) is 0 Å². The molecule has 0 saturated carbocycles. The van der Waals surface area contributed by atoms with E-state index in [1.165, 1.54) is 15.3 Å². The molecule has 0 aromatic heterocycles. The summed E-state index contributed by atoms with van der Waals surface area (Å²) in [5, 5.41) is 0. The molecule has 0 bridgehead atoms. The Morgan fingerprint density at radius 3 is 1.75 bits per heavy atom. The molecule has 0 spiro atoms. The molecule has 0 saturated heterocycles. The van der Waals surface area contributed by atoms with E-state index in [0.717, 1.165) is 5.92 Å². The van der Waals surface area contributed by atoms with E-state index >= 15 is 0 Å². The summed E-state index contributed by atoms with van der Waals surface area (Å²) in [6, 6.07) is 0. The predicted molar refractivity (Wildman–Crippen MR) is 70.6 cm³/mol. The second kappa shape index (κ2) is 5.11. The number of halogens is 1. The van der Waals surface area contributed by atoms with Crippen LogP contribution in [0.1, 0.15) is 48.5 Å². The van der Waals surface area contributed by atoms with Gasteiger partial charge in [0.1, 0.15) is 0 Å². The molecular weight excluding hydrogens is 295 g/mol. The van der Waals surface area contributed by atoms with Crippen LogP contribution in [0.4, 0.5) is 0 Å². The maximum absolute atomic E-state index is 6.87. The van der Waals surface area contributed by atoms with E-state index in [2.05, 4.69) is 48.5 Å². The van der Waals surface area contributed by atoms with Crippen molar-refractivity contribution in [2.24, 2.45) is 5.92 Å². The quantitative estimate of drug-likeness (QED) is 0.626. The Balaban J connectivity index is 3.11. The number of allylic oxidation sites excluding steroid dienone is 4. The Hall–Kier alpha value is 0.653. The summed E-state index contributed by atoms with van der Waals surface area (Å²) in [5.41, 5.74) is 6.07. The van der Waals surface area contributed by atoms with Crippen LogP contribution in [-0.2, 0) is 20.6 Å². The zero-order chi connectivity index (χ0) is 12.7. The Kier molecular flexibility index (Phi) is 4.70. The van der Waals surface area contributed by atoms with Crippen LogP contribution < -0.4 is 0 Å². The first kappa shape index (κ1) is 14.7. The van der Waals surface area contributed by atoms with Crippen molar-refractivity contribution in [3.8, 4) is 0 Å². The van der Waals surface area contributed by atoms with Crippen LogP contribution in [0.3, 0.4) is 0 Å². The molecular formula is C14H24ClZr. The molecule has 0 heterocycles. The van der Waals surface area contributed by atoms with E-state index in [0.29, 0.717) is 0 Å². The normalized spacial score (nSPS) is 20.1. The van der Waals surface area contributed by atoms with Gasteiger partial charge in [-0.25, -0.2) is 0 Å². The molecule has 0 unspecified atom stereocenters. The average molecular weight is 319 g/mol. The third kappa shape index (κ3) is 2.27. The standard InChI is InChI=1S/C10H15.C4H9.ClH.Zr/c1-6-7(2)9(4)10(5)8(6)3;1-4(2)3;;/h1-5H3;4H,1H2,2-3H3;1H;/q;;;+1/p-1. The van der Waals surface area contributed by atoms with Crippen molar-refractivity contribution in [2.45, 2.75) is 55.7 Å². The third-order valence-electron chi connectivity index (χ3n) is 4.32. The van der Waals surface area contributed by atoms with Crippen LogP contribution in [0.2, 0.25) is 7.25 Å². The molecule has 0 fully saturated rings. The van der Waals surface area contributed by atoms with Gasteiger partial charge >= 0.3 is 113 Å². The van der Waals surface area contributed by atoms with Crippen molar-refractivity contribution >= 4 is 8.51 Å². The summed E-state index contributed by atoms with van der Waals surface area (Å²) in [7, 11) is 6.87. The van der Waals surface area contributed by atoms with Crippen molar-refractivity contribution in [3.05, 3.63) is 22.3 Å². The molecule has 16 heavy (non-hydrogen) atoms. The first-order valence-corrected chi connectivity index (χ1v) is 12.2. The second-order valence-electron chi connectivity index (χ2n) is 5.63. The van der Waals surface area contributed by atoms with E-state index < -0.39 is 20.6 Å². The van der Waals surface area contributed by atoms with Crippen LogP contribution in [0, 0.1) is 5.92 Å². The fourth-order valence-electron chi connectivity index (χ4n) is 2.56. The number of hydrogen-bond acceptors (Lipinski definition) is 0. The van der Waals surface area contributed by atoms with Crippen molar-refractivity contribution < 1.29 is 20.6 Å². The van der Waals surface area contributed by atoms with Gasteiger partial charge in [0.05, 0.1) is 0 Å². The first-order valence-electron chi connectivity index (χ1n) is 6.11. The summed E-state index contributed by atoms with van der Waals surface area (Å²) in [6.45, 7) is 16.1. The Bertz CT molecular complexity index is 326. The van der Waals surface area contributed by atoms with Gasteiger partial charge in [0.25, 0.3) is 0 Å². The molecule has 0 nitrogen and oxygen atoms in total. The van der Waals surface area contributed by atoms with E-state index in [-0.39, 0.29) is 3.12 Å². The molecule has 0 atom stereocenters. The molecule has 1 aliphatic carbocycles. The van der Waals surface area contributed by atoms with Gasteiger partial charge in [0.15, 0.2) is 0 Å². The number of hydrogen-bond donors (Lipinski definition) is 0. The Labute approximate surface area is 112 Å². The molecule has 0 radical (unpaired) electrons. The third-order valence-corrected chi connectivity index (χ3v) is 14.9. The summed E-state index contributed by atoms with van der Waals surface area (Å²) in [4.78, 5) is 0. The van der Waals surface area contributed by atoms with E-state index in [9.17, 15) is 0 Å². The summed E-state index contributed by atoms with van der Waals surface area (Å²) in [5.74, 6) is 0.741. The number of rotatable bonds is 3. The van der Waals surface area contributed by atoms with E-state index in [1.54, 1.807) is 11.1 Å². The van der Waals surface area contributed by atoms with E-state index in [1.807, 2.05) is 0 Å². The van der Waals surface area contributed by atoms with Crippen molar-refractivity contribution in [1.29, 1.82) is 0 Å². The van der Waals surface area contributed by atoms with Crippen LogP contribution >= 0.6 is 8.51 Å². The van der Waals surface area contributed by atoms with Gasteiger partial charge in [0.2, 0.25) is 0 Å². The minimum atomic E-state index is -1.88. The fourth-order valence-corrected chi connectivity index (χ4v) is 11.8. The first-order chi connectivity index (χ1) is 7.22. The minimum absolute atomic E-state index is 0.266.